The fourth-order valence-corrected chi connectivity index (χ4v) is 7.43. The van der Waals surface area contributed by atoms with Gasteiger partial charge in [-0.3, -0.25) is 10.1 Å². The number of benzene rings is 1. The molecule has 1 heterocycles. The number of nitro benzene ring substituents is 1. The summed E-state index contributed by atoms with van der Waals surface area (Å²) in [6.45, 7) is 4.08. The quantitative estimate of drug-likeness (QED) is 0.385. The molecule has 0 radical (unpaired) electrons. The van der Waals surface area contributed by atoms with Crippen molar-refractivity contribution >= 4 is 35.0 Å². The van der Waals surface area contributed by atoms with Crippen molar-refractivity contribution in [3.8, 4) is 12.1 Å². The van der Waals surface area contributed by atoms with Gasteiger partial charge >= 0.3 is 0 Å². The number of thioether (sulfide) groups is 2. The lowest BCUT2D eigenvalue weighted by Crippen LogP contribution is -2.32. The van der Waals surface area contributed by atoms with Gasteiger partial charge in [0.15, 0.2) is 4.20 Å². The van der Waals surface area contributed by atoms with Crippen molar-refractivity contribution in [2.75, 3.05) is 11.5 Å². The molecule has 2 aliphatic rings. The van der Waals surface area contributed by atoms with E-state index in [1.807, 2.05) is 13.8 Å². The third kappa shape index (κ3) is 2.39. The summed E-state index contributed by atoms with van der Waals surface area (Å²) in [5, 5.41) is 32.1. The number of nitro groups is 1. The number of rotatable bonds is 8. The fraction of sp³-hybridized carbons (Fsp3) is 0.526. The molecule has 3 atom stereocenters. The Morgan fingerprint density at radius 2 is 1.82 bits per heavy atom. The van der Waals surface area contributed by atoms with E-state index in [1.54, 1.807) is 18.2 Å². The van der Waals surface area contributed by atoms with Gasteiger partial charge in [-0.15, -0.1) is 23.5 Å². The monoisotopic (exact) mass is 415 g/mol. The number of aliphatic imine (C=N–C) groups is 1. The molecule has 1 aromatic rings. The second-order valence-corrected chi connectivity index (χ2v) is 9.70. The summed E-state index contributed by atoms with van der Waals surface area (Å²) in [6, 6.07) is 10.9. The number of nitrogens with two attached hydrogens (primary N) is 1. The standard InChI is InChI=1S/C19H21N5O2S2/c1-3-9-27-19(28-10-4-2)18(12-21)15(17(18,11-20)16(22)23-19)13-7-5-6-8-14(13)24(25)26/h5-8,15H,3-4,9-10H2,1-2H3,(H2,22,23). The zero-order valence-corrected chi connectivity index (χ0v) is 17.3. The Kier molecular flexibility index (Phi) is 5.35. The number of para-hydroxylation sites is 1. The lowest BCUT2D eigenvalue weighted by molar-refractivity contribution is -0.385. The van der Waals surface area contributed by atoms with Crippen molar-refractivity contribution in [1.29, 1.82) is 10.5 Å². The van der Waals surface area contributed by atoms with Gasteiger partial charge in [0.1, 0.15) is 16.7 Å². The van der Waals surface area contributed by atoms with Crippen LogP contribution in [0.15, 0.2) is 29.3 Å². The molecule has 0 amide bonds. The summed E-state index contributed by atoms with van der Waals surface area (Å²) in [6.07, 6.45) is 1.76. The van der Waals surface area contributed by atoms with Crippen LogP contribution in [0.25, 0.3) is 0 Å². The Morgan fingerprint density at radius 1 is 1.21 bits per heavy atom. The summed E-state index contributed by atoms with van der Waals surface area (Å²) in [4.78, 5) is 15.8. The van der Waals surface area contributed by atoms with E-state index in [1.165, 1.54) is 29.6 Å². The number of nitrogens with zero attached hydrogens (tertiary/aromatic N) is 4. The summed E-state index contributed by atoms with van der Waals surface area (Å²) in [5.41, 5.74) is 4.00. The van der Waals surface area contributed by atoms with Crippen molar-refractivity contribution < 1.29 is 4.92 Å². The summed E-state index contributed by atoms with van der Waals surface area (Å²) in [7, 11) is 0. The molecule has 7 nitrogen and oxygen atoms in total. The number of amidine groups is 1. The van der Waals surface area contributed by atoms with Crippen LogP contribution in [0.1, 0.15) is 38.2 Å². The van der Waals surface area contributed by atoms with Gasteiger partial charge in [0.05, 0.1) is 17.1 Å². The van der Waals surface area contributed by atoms with E-state index >= 15 is 0 Å². The number of hydrogen-bond donors (Lipinski definition) is 1. The average Bonchev–Trinajstić information content (AvgIpc) is 3.28. The molecule has 0 bridgehead atoms. The molecule has 0 saturated heterocycles. The van der Waals surface area contributed by atoms with Crippen LogP contribution in [0.2, 0.25) is 0 Å². The van der Waals surface area contributed by atoms with Crippen molar-refractivity contribution in [2.24, 2.45) is 21.6 Å². The molecule has 3 rings (SSSR count). The molecule has 1 aliphatic carbocycles. The molecule has 3 unspecified atom stereocenters. The van der Waals surface area contributed by atoms with Crippen LogP contribution in [-0.4, -0.2) is 26.5 Å². The molecule has 2 N–H and O–H groups in total. The van der Waals surface area contributed by atoms with Crippen LogP contribution in [0.4, 0.5) is 5.69 Å². The molecular formula is C19H21N5O2S2. The van der Waals surface area contributed by atoms with E-state index in [-0.39, 0.29) is 11.5 Å². The van der Waals surface area contributed by atoms with Crippen LogP contribution < -0.4 is 5.73 Å². The maximum absolute atomic E-state index is 11.6. The van der Waals surface area contributed by atoms with E-state index in [2.05, 4.69) is 17.1 Å². The van der Waals surface area contributed by atoms with Crippen molar-refractivity contribution in [3.05, 3.63) is 39.9 Å². The molecule has 0 spiro atoms. The van der Waals surface area contributed by atoms with Gasteiger partial charge in [-0.05, 0) is 24.3 Å². The molecule has 1 aromatic carbocycles. The summed E-state index contributed by atoms with van der Waals surface area (Å²) < 4.78 is -0.942. The topological polar surface area (TPSA) is 129 Å². The molecule has 1 saturated carbocycles. The predicted octanol–water partition coefficient (Wildman–Crippen LogP) is 4.02. The third-order valence-corrected chi connectivity index (χ3v) is 8.92. The minimum atomic E-state index is -1.34. The Morgan fingerprint density at radius 3 is 2.32 bits per heavy atom. The predicted molar refractivity (Wildman–Crippen MR) is 112 cm³/mol. The van der Waals surface area contributed by atoms with E-state index in [0.29, 0.717) is 5.56 Å². The van der Waals surface area contributed by atoms with Crippen LogP contribution in [0.3, 0.4) is 0 Å². The smallest absolute Gasteiger partial charge is 0.272 e. The molecule has 0 aromatic heterocycles. The van der Waals surface area contributed by atoms with E-state index in [0.717, 1.165) is 24.3 Å². The number of hydrogen-bond acceptors (Lipinski definition) is 8. The molecular weight excluding hydrogens is 394 g/mol. The highest BCUT2D eigenvalue weighted by molar-refractivity contribution is 8.18. The highest BCUT2D eigenvalue weighted by Crippen LogP contribution is 2.85. The van der Waals surface area contributed by atoms with Gasteiger partial charge in [0.2, 0.25) is 0 Å². The Balaban J connectivity index is 2.23. The van der Waals surface area contributed by atoms with Gasteiger partial charge in [-0.25, -0.2) is 4.99 Å². The summed E-state index contributed by atoms with van der Waals surface area (Å²) in [5.74, 6) is 0.944. The van der Waals surface area contributed by atoms with Crippen LogP contribution in [0.5, 0.6) is 0 Å². The minimum Gasteiger partial charge on any atom is -0.386 e. The molecule has 1 fully saturated rings. The first-order valence-electron chi connectivity index (χ1n) is 9.12. The normalized spacial score (nSPS) is 29.3. The zero-order chi connectivity index (χ0) is 20.6. The maximum atomic E-state index is 11.6. The van der Waals surface area contributed by atoms with Crippen LogP contribution in [0, 0.1) is 43.6 Å². The van der Waals surface area contributed by atoms with Gasteiger partial charge < -0.3 is 5.73 Å². The van der Waals surface area contributed by atoms with Gasteiger partial charge in [-0.2, -0.15) is 10.5 Å². The largest absolute Gasteiger partial charge is 0.386 e. The molecule has 28 heavy (non-hydrogen) atoms. The second-order valence-electron chi connectivity index (χ2n) is 6.86. The molecule has 1 aliphatic heterocycles. The Bertz CT molecular complexity index is 914. The van der Waals surface area contributed by atoms with Gasteiger partial charge in [0.25, 0.3) is 5.69 Å². The van der Waals surface area contributed by atoms with Crippen molar-refractivity contribution in [2.45, 2.75) is 36.8 Å². The number of nitriles is 2. The van der Waals surface area contributed by atoms with Gasteiger partial charge in [0, 0.05) is 17.5 Å². The van der Waals surface area contributed by atoms with E-state index in [4.69, 9.17) is 5.73 Å². The fourth-order valence-electron chi connectivity index (χ4n) is 4.20. The molecule has 9 heteroatoms. The van der Waals surface area contributed by atoms with Crippen molar-refractivity contribution in [1.82, 2.24) is 0 Å². The number of fused-ring (bicyclic) bond motifs is 1. The SMILES string of the molecule is CCCSC1(SCCC)N=C(N)C2(C#N)C(c3ccccc3[N+](=O)[O-])C12C#N. The Hall–Kier alpha value is -2.23. The highest BCUT2D eigenvalue weighted by atomic mass is 32.2. The lowest BCUT2D eigenvalue weighted by Gasteiger charge is -2.31. The zero-order valence-electron chi connectivity index (χ0n) is 15.7. The minimum absolute atomic E-state index is 0.0890. The van der Waals surface area contributed by atoms with E-state index < -0.39 is 25.9 Å². The first-order chi connectivity index (χ1) is 13.4. The highest BCUT2D eigenvalue weighted by Gasteiger charge is 2.92. The van der Waals surface area contributed by atoms with Crippen LogP contribution >= 0.6 is 23.5 Å². The first-order valence-corrected chi connectivity index (χ1v) is 11.1. The second kappa shape index (κ2) is 7.31. The average molecular weight is 416 g/mol. The van der Waals surface area contributed by atoms with E-state index in [9.17, 15) is 20.6 Å². The first kappa shape index (κ1) is 20.5. The van der Waals surface area contributed by atoms with Gasteiger partial charge in [-0.1, -0.05) is 32.0 Å². The summed E-state index contributed by atoms with van der Waals surface area (Å²) >= 11 is 3.05. The maximum Gasteiger partial charge on any atom is 0.272 e. The third-order valence-electron chi connectivity index (χ3n) is 5.38. The lowest BCUT2D eigenvalue weighted by atomic mass is 9.97. The molecule has 146 valence electrons. The van der Waals surface area contributed by atoms with Crippen molar-refractivity contribution in [3.63, 3.8) is 0 Å². The Labute approximate surface area is 172 Å². The van der Waals surface area contributed by atoms with Crippen LogP contribution in [-0.2, 0) is 0 Å².